The number of rotatable bonds is 15. The largest absolute Gasteiger partial charge is 0.465 e. The third-order valence-corrected chi connectivity index (χ3v) is 9.48. The fourth-order valence-corrected chi connectivity index (χ4v) is 7.31. The Hall–Kier alpha value is -2.37. The summed E-state index contributed by atoms with van der Waals surface area (Å²) in [7, 11) is -4.28. The van der Waals surface area contributed by atoms with Gasteiger partial charge in [0.1, 0.15) is 40.4 Å². The van der Waals surface area contributed by atoms with E-state index in [2.05, 4.69) is 25.1 Å². The van der Waals surface area contributed by atoms with E-state index in [0.29, 0.717) is 10.5 Å². The molecule has 18 heteroatoms. The number of aliphatic hydroxyl groups excluding tert-OH is 1. The number of nitrogens with one attached hydrogen (secondary N) is 2. The van der Waals surface area contributed by atoms with Crippen molar-refractivity contribution in [2.45, 2.75) is 89.6 Å². The Labute approximate surface area is 260 Å². The molecule has 0 radical (unpaired) electrons. The third kappa shape index (κ3) is 7.88. The van der Waals surface area contributed by atoms with Gasteiger partial charge in [0.2, 0.25) is 5.95 Å². The zero-order valence-electron chi connectivity index (χ0n) is 26.2. The van der Waals surface area contributed by atoms with Gasteiger partial charge in [0, 0.05) is 0 Å². The first kappa shape index (κ1) is 36.1. The van der Waals surface area contributed by atoms with Crippen molar-refractivity contribution < 1.29 is 43.1 Å². The minimum absolute atomic E-state index is 0.0117. The lowest BCUT2D eigenvalue weighted by atomic mass is 9.96. The highest BCUT2D eigenvalue weighted by Crippen LogP contribution is 2.45. The summed E-state index contributed by atoms with van der Waals surface area (Å²) in [5.74, 6) is -2.11. The van der Waals surface area contributed by atoms with E-state index in [-0.39, 0.29) is 36.6 Å². The first-order valence-electron chi connectivity index (χ1n) is 14.3. The second kappa shape index (κ2) is 14.8. The SMILES string of the molecule is CCOC(=O)[C@@H](NP(=O)(N[C@H](C(=O)OCC)C(C)C)OC[C@H]1O[C@@H](n2cnc3c(SC)nc(N)nc32)C(C)(O)[C@H]1O)C(C)C. The summed E-state index contributed by atoms with van der Waals surface area (Å²) < 4.78 is 38.0. The molecular weight excluding hydrogens is 617 g/mol. The molecule has 0 aliphatic carbocycles. The van der Waals surface area contributed by atoms with Gasteiger partial charge in [-0.1, -0.05) is 27.7 Å². The van der Waals surface area contributed by atoms with Crippen molar-refractivity contribution in [1.82, 2.24) is 29.7 Å². The molecule has 6 N–H and O–H groups in total. The Bertz CT molecular complexity index is 1320. The average molecular weight is 662 g/mol. The van der Waals surface area contributed by atoms with Gasteiger partial charge in [-0.2, -0.15) is 4.98 Å². The van der Waals surface area contributed by atoms with Crippen LogP contribution < -0.4 is 15.9 Å². The second-order valence-electron chi connectivity index (χ2n) is 11.2. The van der Waals surface area contributed by atoms with Crippen molar-refractivity contribution in [2.24, 2.45) is 11.8 Å². The molecule has 0 saturated carbocycles. The molecule has 2 aromatic heterocycles. The minimum Gasteiger partial charge on any atom is -0.465 e. The molecule has 0 spiro atoms. The molecule has 2 aromatic rings. The van der Waals surface area contributed by atoms with Crippen LogP contribution in [-0.4, -0.2) is 97.6 Å². The van der Waals surface area contributed by atoms with Gasteiger partial charge in [-0.3, -0.25) is 18.7 Å². The maximum absolute atomic E-state index is 14.4. The number of hydrogen-bond acceptors (Lipinski definition) is 14. The minimum atomic E-state index is -4.28. The van der Waals surface area contributed by atoms with Crippen LogP contribution in [0.2, 0.25) is 0 Å². The monoisotopic (exact) mass is 661 g/mol. The summed E-state index contributed by atoms with van der Waals surface area (Å²) in [5, 5.41) is 28.5. The molecular formula is C26H44N7O9PS. The highest BCUT2D eigenvalue weighted by atomic mass is 32.2. The van der Waals surface area contributed by atoms with Crippen LogP contribution in [0.25, 0.3) is 11.2 Å². The molecule has 248 valence electrons. The lowest BCUT2D eigenvalue weighted by Crippen LogP contribution is -2.49. The number of carbonyl (C=O) groups is 2. The van der Waals surface area contributed by atoms with Crippen LogP contribution in [0.15, 0.2) is 11.4 Å². The lowest BCUT2D eigenvalue weighted by molar-refractivity contribution is -0.146. The molecule has 1 unspecified atom stereocenters. The topological polar surface area (TPSA) is 222 Å². The fraction of sp³-hybridized carbons (Fsp3) is 0.731. The number of aliphatic hydroxyl groups is 2. The van der Waals surface area contributed by atoms with Gasteiger partial charge in [-0.15, -0.1) is 11.8 Å². The molecule has 1 fully saturated rings. The number of anilines is 1. The van der Waals surface area contributed by atoms with Crippen LogP contribution in [0.1, 0.15) is 54.7 Å². The number of thioether (sulfide) groups is 1. The van der Waals surface area contributed by atoms with Crippen LogP contribution >= 0.6 is 19.4 Å². The first-order valence-corrected chi connectivity index (χ1v) is 17.2. The molecule has 1 saturated heterocycles. The van der Waals surface area contributed by atoms with Crippen molar-refractivity contribution in [3.05, 3.63) is 6.33 Å². The van der Waals surface area contributed by atoms with Gasteiger partial charge in [-0.25, -0.2) is 20.1 Å². The Balaban J connectivity index is 1.93. The second-order valence-corrected chi connectivity index (χ2v) is 13.8. The normalized spacial score (nSPS) is 23.8. The Kier molecular flexibility index (Phi) is 12.2. The van der Waals surface area contributed by atoms with E-state index in [1.807, 2.05) is 0 Å². The summed E-state index contributed by atoms with van der Waals surface area (Å²) in [6.07, 6.45) is -0.761. The zero-order valence-corrected chi connectivity index (χ0v) is 27.9. The number of nitrogen functional groups attached to an aromatic ring is 1. The number of hydrogen-bond donors (Lipinski definition) is 5. The number of fused-ring (bicyclic) bond motifs is 1. The highest BCUT2D eigenvalue weighted by Gasteiger charge is 2.54. The Morgan fingerprint density at radius 3 is 2.16 bits per heavy atom. The Morgan fingerprint density at radius 2 is 1.68 bits per heavy atom. The number of nitrogens with two attached hydrogens (primary N) is 1. The van der Waals surface area contributed by atoms with Gasteiger partial charge < -0.3 is 34.7 Å². The summed E-state index contributed by atoms with van der Waals surface area (Å²) in [6.45, 7) is 11.2. The molecule has 0 bridgehead atoms. The quantitative estimate of drug-likeness (QED) is 0.0791. The molecule has 3 rings (SSSR count). The smallest absolute Gasteiger partial charge is 0.342 e. The van der Waals surface area contributed by atoms with Crippen molar-refractivity contribution in [1.29, 1.82) is 0 Å². The van der Waals surface area contributed by atoms with Gasteiger partial charge >= 0.3 is 19.6 Å². The van der Waals surface area contributed by atoms with Crippen LogP contribution in [0.3, 0.4) is 0 Å². The van der Waals surface area contributed by atoms with Gasteiger partial charge in [-0.05, 0) is 38.9 Å². The molecule has 3 heterocycles. The number of ether oxygens (including phenoxy) is 3. The van der Waals surface area contributed by atoms with E-state index >= 15 is 0 Å². The zero-order chi connectivity index (χ0) is 33.0. The van der Waals surface area contributed by atoms with Crippen molar-refractivity contribution in [3.8, 4) is 0 Å². The van der Waals surface area contributed by atoms with Crippen LogP contribution in [0.4, 0.5) is 5.95 Å². The standard InChI is InChI=1S/C26H44N7O9PS/c1-9-39-22(35)16(13(3)4)31-43(38,32-17(14(5)6)23(36)40-10-2)41-11-15-19(34)26(7,37)24(42-15)33-12-28-18-20(33)29-25(27)30-21(18)44-8/h12-17,19,24,34,37H,9-11H2,1-8H3,(H2,27,29,30)(H2,31,32,38)/t15-,16+,17+,19+,24-,26?/m1/s1. The third-order valence-electron chi connectivity index (χ3n) is 7.06. The fourth-order valence-electron chi connectivity index (χ4n) is 4.67. The van der Waals surface area contributed by atoms with Crippen LogP contribution in [0, 0.1) is 11.8 Å². The average Bonchev–Trinajstić information content (AvgIpc) is 3.46. The molecule has 16 nitrogen and oxygen atoms in total. The molecule has 6 atom stereocenters. The predicted molar refractivity (Wildman–Crippen MR) is 162 cm³/mol. The lowest BCUT2D eigenvalue weighted by Gasteiger charge is -2.31. The predicted octanol–water partition coefficient (Wildman–Crippen LogP) is 1.62. The number of carbonyl (C=O) groups excluding carboxylic acids is 2. The number of nitrogens with zero attached hydrogens (tertiary/aromatic N) is 4. The van der Waals surface area contributed by atoms with Crippen LogP contribution in [-0.2, 0) is 32.9 Å². The summed E-state index contributed by atoms with van der Waals surface area (Å²) in [4.78, 5) is 38.3. The van der Waals surface area contributed by atoms with Gasteiger partial charge in [0.25, 0.3) is 0 Å². The molecule has 0 amide bonds. The first-order chi connectivity index (χ1) is 20.6. The number of imidazole rings is 1. The van der Waals surface area contributed by atoms with E-state index < -0.39 is 62.3 Å². The molecule has 0 aromatic carbocycles. The maximum atomic E-state index is 14.4. The molecule has 1 aliphatic heterocycles. The van der Waals surface area contributed by atoms with Gasteiger partial charge in [0.05, 0.1) is 26.1 Å². The van der Waals surface area contributed by atoms with Crippen LogP contribution in [0.5, 0.6) is 0 Å². The molecule has 44 heavy (non-hydrogen) atoms. The summed E-state index contributed by atoms with van der Waals surface area (Å²) in [5.41, 5.74) is 4.70. The Morgan fingerprint density at radius 1 is 1.14 bits per heavy atom. The number of aromatic nitrogens is 4. The van der Waals surface area contributed by atoms with Crippen molar-refractivity contribution in [3.63, 3.8) is 0 Å². The van der Waals surface area contributed by atoms with E-state index in [1.54, 1.807) is 47.8 Å². The van der Waals surface area contributed by atoms with Gasteiger partial charge in [0.15, 0.2) is 11.9 Å². The van der Waals surface area contributed by atoms with E-state index in [1.165, 1.54) is 29.6 Å². The molecule has 1 aliphatic rings. The summed E-state index contributed by atoms with van der Waals surface area (Å²) >= 11 is 1.31. The number of esters is 2. The van der Waals surface area contributed by atoms with Crippen molar-refractivity contribution in [2.75, 3.05) is 31.8 Å². The van der Waals surface area contributed by atoms with E-state index in [4.69, 9.17) is 24.5 Å². The summed E-state index contributed by atoms with van der Waals surface area (Å²) in [6, 6.07) is -2.16. The van der Waals surface area contributed by atoms with Crippen molar-refractivity contribution >= 4 is 48.5 Å². The van der Waals surface area contributed by atoms with E-state index in [0.717, 1.165) is 0 Å². The maximum Gasteiger partial charge on any atom is 0.342 e. The van der Waals surface area contributed by atoms with E-state index in [9.17, 15) is 24.4 Å². The highest BCUT2D eigenvalue weighted by molar-refractivity contribution is 7.98.